The Morgan fingerprint density at radius 3 is 2.56 bits per heavy atom. The minimum absolute atomic E-state index is 0.0431. The molecule has 1 aromatic rings. The van der Waals surface area contributed by atoms with Crippen LogP contribution in [0, 0.1) is 5.41 Å². The van der Waals surface area contributed by atoms with Crippen molar-refractivity contribution in [1.82, 2.24) is 10.6 Å². The predicted octanol–water partition coefficient (Wildman–Crippen LogP) is 3.24. The van der Waals surface area contributed by atoms with E-state index in [4.69, 9.17) is 27.9 Å². The zero-order valence-corrected chi connectivity index (χ0v) is 15.8. The topological polar surface area (TPSA) is 67.4 Å². The maximum absolute atomic E-state index is 12.1. The van der Waals surface area contributed by atoms with Crippen LogP contribution in [0.25, 0.3) is 0 Å². The molecule has 1 unspecified atom stereocenters. The van der Waals surface area contributed by atoms with Gasteiger partial charge in [-0.1, -0.05) is 29.3 Å². The smallest absolute Gasteiger partial charge is 0.309 e. The van der Waals surface area contributed by atoms with Crippen LogP contribution < -0.4 is 10.6 Å². The van der Waals surface area contributed by atoms with E-state index in [1.807, 2.05) is 0 Å². The van der Waals surface area contributed by atoms with Crippen LogP contribution in [0.1, 0.15) is 44.7 Å². The van der Waals surface area contributed by atoms with Gasteiger partial charge in [0.25, 0.3) is 0 Å². The highest BCUT2D eigenvalue weighted by atomic mass is 35.5. The zero-order valence-electron chi connectivity index (χ0n) is 14.3. The van der Waals surface area contributed by atoms with Crippen molar-refractivity contribution in [1.29, 1.82) is 0 Å². The summed E-state index contributed by atoms with van der Waals surface area (Å²) in [6.07, 6.45) is 3.05. The fraction of sp³-hybridized carbons (Fsp3) is 0.556. The van der Waals surface area contributed by atoms with Gasteiger partial charge in [0.1, 0.15) is 0 Å². The molecule has 1 heterocycles. The van der Waals surface area contributed by atoms with Crippen molar-refractivity contribution in [2.75, 3.05) is 6.61 Å². The third kappa shape index (κ3) is 4.10. The maximum atomic E-state index is 12.1. The molecule has 1 aliphatic carbocycles. The Morgan fingerprint density at radius 1 is 1.24 bits per heavy atom. The molecule has 7 heteroatoms. The average Bonchev–Trinajstić information content (AvgIpc) is 2.88. The summed E-state index contributed by atoms with van der Waals surface area (Å²) in [6, 6.07) is 4.70. The molecular weight excluding hydrogens is 363 g/mol. The van der Waals surface area contributed by atoms with Crippen LogP contribution in [0.15, 0.2) is 18.2 Å². The number of amides is 2. The minimum Gasteiger partial charge on any atom is -0.378 e. The monoisotopic (exact) mass is 384 g/mol. The van der Waals surface area contributed by atoms with E-state index in [1.54, 1.807) is 25.1 Å². The SMILES string of the molecule is CC1CC2(CO1)CC(NC(=O)C(=O)N[C@@H](C)c1ccc(Cl)cc1Cl)C2. The lowest BCUT2D eigenvalue weighted by Crippen LogP contribution is -2.54. The van der Waals surface area contributed by atoms with Crippen molar-refractivity contribution in [3.05, 3.63) is 33.8 Å². The molecule has 2 N–H and O–H groups in total. The molecule has 0 bridgehead atoms. The van der Waals surface area contributed by atoms with Gasteiger partial charge in [0.15, 0.2) is 0 Å². The van der Waals surface area contributed by atoms with Crippen molar-refractivity contribution in [3.8, 4) is 0 Å². The molecule has 0 radical (unpaired) electrons. The Labute approximate surface area is 157 Å². The molecule has 2 amide bonds. The second kappa shape index (κ2) is 7.14. The number of hydrogen-bond donors (Lipinski definition) is 2. The highest BCUT2D eigenvalue weighted by molar-refractivity contribution is 6.36. The summed E-state index contributed by atoms with van der Waals surface area (Å²) in [7, 11) is 0. The number of carbonyl (C=O) groups is 2. The van der Waals surface area contributed by atoms with Gasteiger partial charge in [-0.15, -0.1) is 0 Å². The van der Waals surface area contributed by atoms with Crippen LogP contribution in [0.3, 0.4) is 0 Å². The van der Waals surface area contributed by atoms with Crippen molar-refractivity contribution in [2.24, 2.45) is 5.41 Å². The molecule has 1 spiro atoms. The van der Waals surface area contributed by atoms with E-state index >= 15 is 0 Å². The van der Waals surface area contributed by atoms with Crippen LogP contribution >= 0.6 is 23.2 Å². The van der Waals surface area contributed by atoms with Gasteiger partial charge in [-0.25, -0.2) is 0 Å². The number of hydrogen-bond acceptors (Lipinski definition) is 3. The number of carbonyl (C=O) groups excluding carboxylic acids is 2. The second-order valence-electron chi connectivity index (χ2n) is 7.27. The largest absolute Gasteiger partial charge is 0.378 e. The number of halogens is 2. The van der Waals surface area contributed by atoms with Gasteiger partial charge < -0.3 is 15.4 Å². The lowest BCUT2D eigenvalue weighted by molar-refractivity contribution is -0.141. The Bertz CT molecular complexity index is 689. The van der Waals surface area contributed by atoms with Crippen LogP contribution in [-0.2, 0) is 14.3 Å². The highest BCUT2D eigenvalue weighted by Crippen LogP contribution is 2.49. The molecule has 0 aromatic heterocycles. The molecule has 1 aliphatic heterocycles. The van der Waals surface area contributed by atoms with Crippen molar-refractivity contribution in [3.63, 3.8) is 0 Å². The molecule has 1 saturated heterocycles. The van der Waals surface area contributed by atoms with E-state index in [0.29, 0.717) is 15.6 Å². The maximum Gasteiger partial charge on any atom is 0.309 e. The van der Waals surface area contributed by atoms with Crippen LogP contribution in [0.5, 0.6) is 0 Å². The first-order chi connectivity index (χ1) is 11.8. The van der Waals surface area contributed by atoms with Crippen LogP contribution in [-0.4, -0.2) is 30.6 Å². The number of benzene rings is 1. The Balaban J connectivity index is 1.49. The first-order valence-electron chi connectivity index (χ1n) is 8.46. The molecule has 2 fully saturated rings. The Hall–Kier alpha value is -1.30. The van der Waals surface area contributed by atoms with Crippen molar-refractivity contribution >= 4 is 35.0 Å². The van der Waals surface area contributed by atoms with Gasteiger partial charge >= 0.3 is 11.8 Å². The predicted molar refractivity (Wildman–Crippen MR) is 96.6 cm³/mol. The van der Waals surface area contributed by atoms with Gasteiger partial charge in [-0.2, -0.15) is 0 Å². The van der Waals surface area contributed by atoms with E-state index in [2.05, 4.69) is 17.6 Å². The minimum atomic E-state index is -0.657. The summed E-state index contributed by atoms with van der Waals surface area (Å²) in [5, 5.41) is 6.45. The molecule has 3 rings (SSSR count). The molecule has 5 nitrogen and oxygen atoms in total. The third-order valence-electron chi connectivity index (χ3n) is 5.07. The second-order valence-corrected chi connectivity index (χ2v) is 8.11. The van der Waals surface area contributed by atoms with Gasteiger partial charge in [0.2, 0.25) is 0 Å². The van der Waals surface area contributed by atoms with Crippen LogP contribution in [0.4, 0.5) is 0 Å². The lowest BCUT2D eigenvalue weighted by Gasteiger charge is -2.44. The number of nitrogens with one attached hydrogen (secondary N) is 2. The fourth-order valence-corrected chi connectivity index (χ4v) is 4.43. The molecule has 136 valence electrons. The van der Waals surface area contributed by atoms with E-state index in [9.17, 15) is 9.59 Å². The summed E-state index contributed by atoms with van der Waals surface area (Å²) in [4.78, 5) is 24.2. The van der Waals surface area contributed by atoms with Crippen LogP contribution in [0.2, 0.25) is 10.0 Å². The third-order valence-corrected chi connectivity index (χ3v) is 5.63. The fourth-order valence-electron chi connectivity index (χ4n) is 3.86. The zero-order chi connectivity index (χ0) is 18.2. The Morgan fingerprint density at radius 2 is 1.96 bits per heavy atom. The lowest BCUT2D eigenvalue weighted by atomic mass is 9.64. The standard InChI is InChI=1S/C18H22Cl2N2O3/c1-10-6-18(9-25-10)7-13(8-18)22-17(24)16(23)21-11(2)14-4-3-12(19)5-15(14)20/h3-5,10-11,13H,6-9H2,1-2H3,(H,21,23)(H,22,24)/t10?,11-,13?,18?/m0/s1. The number of rotatable bonds is 3. The summed E-state index contributed by atoms with van der Waals surface area (Å²) in [6.45, 7) is 4.59. The summed E-state index contributed by atoms with van der Waals surface area (Å²) in [5.74, 6) is -1.26. The first kappa shape index (κ1) is 18.5. The molecule has 1 aromatic carbocycles. The molecule has 1 saturated carbocycles. The van der Waals surface area contributed by atoms with Gasteiger partial charge in [-0.05, 0) is 50.8 Å². The van der Waals surface area contributed by atoms with E-state index in [-0.39, 0.29) is 23.6 Å². The molecule has 2 aliphatic rings. The van der Waals surface area contributed by atoms with E-state index in [0.717, 1.165) is 25.9 Å². The average molecular weight is 385 g/mol. The highest BCUT2D eigenvalue weighted by Gasteiger charge is 2.49. The van der Waals surface area contributed by atoms with Crippen molar-refractivity contribution in [2.45, 2.75) is 51.3 Å². The van der Waals surface area contributed by atoms with Gasteiger partial charge in [0, 0.05) is 21.5 Å². The van der Waals surface area contributed by atoms with E-state index < -0.39 is 11.8 Å². The van der Waals surface area contributed by atoms with Crippen molar-refractivity contribution < 1.29 is 14.3 Å². The Kier molecular flexibility index (Phi) is 5.28. The molecule has 25 heavy (non-hydrogen) atoms. The first-order valence-corrected chi connectivity index (χ1v) is 9.21. The van der Waals surface area contributed by atoms with Gasteiger partial charge in [0.05, 0.1) is 18.8 Å². The van der Waals surface area contributed by atoms with E-state index in [1.165, 1.54) is 0 Å². The normalized spacial score (nSPS) is 29.1. The quantitative estimate of drug-likeness (QED) is 0.785. The van der Waals surface area contributed by atoms with Gasteiger partial charge in [-0.3, -0.25) is 9.59 Å². The summed E-state index contributed by atoms with van der Waals surface area (Å²) < 4.78 is 5.62. The molecular formula is C18H22Cl2N2O3. The summed E-state index contributed by atoms with van der Waals surface area (Å²) in [5.41, 5.74) is 0.907. The number of ether oxygens (including phenoxy) is 1. The summed E-state index contributed by atoms with van der Waals surface area (Å²) >= 11 is 12.0. The molecule has 2 atom stereocenters.